The monoisotopic (exact) mass is 374 g/mol. The van der Waals surface area contributed by atoms with E-state index >= 15 is 0 Å². The second-order valence-corrected chi connectivity index (χ2v) is 6.78. The van der Waals surface area contributed by atoms with Crippen LogP contribution in [0.5, 0.6) is 5.75 Å². The first-order valence-electron chi connectivity index (χ1n) is 9.16. The Bertz CT molecular complexity index is 780. The summed E-state index contributed by atoms with van der Waals surface area (Å²) in [4.78, 5) is 14.8. The Kier molecular flexibility index (Phi) is 6.06. The number of hydrogen-bond acceptors (Lipinski definition) is 3. The lowest BCUT2D eigenvalue weighted by Crippen LogP contribution is -2.47. The zero-order valence-corrected chi connectivity index (χ0v) is 15.5. The quantitative estimate of drug-likeness (QED) is 0.819. The third kappa shape index (κ3) is 4.63. The lowest BCUT2D eigenvalue weighted by Gasteiger charge is -2.32. The molecule has 2 atom stereocenters. The molecule has 0 fully saturated rings. The van der Waals surface area contributed by atoms with Crippen LogP contribution in [0.1, 0.15) is 37.4 Å². The van der Waals surface area contributed by atoms with Gasteiger partial charge in [-0.05, 0) is 56.0 Å². The number of nitrogens with zero attached hydrogens (tertiary/aromatic N) is 1. The molecule has 0 aliphatic carbocycles. The molecule has 2 unspecified atom stereocenters. The Morgan fingerprint density at radius 2 is 1.81 bits per heavy atom. The van der Waals surface area contributed by atoms with Gasteiger partial charge < -0.3 is 9.64 Å². The van der Waals surface area contributed by atoms with Crippen LogP contribution in [0.4, 0.5) is 14.5 Å². The summed E-state index contributed by atoms with van der Waals surface area (Å²) in [5.74, 6) is 0.154. The van der Waals surface area contributed by atoms with Crippen LogP contribution in [-0.2, 0) is 11.2 Å². The highest BCUT2D eigenvalue weighted by molar-refractivity contribution is 5.98. The van der Waals surface area contributed by atoms with Crippen molar-refractivity contribution in [1.29, 1.82) is 0 Å². The fourth-order valence-corrected chi connectivity index (χ4v) is 3.48. The van der Waals surface area contributed by atoms with Crippen LogP contribution in [0.2, 0.25) is 0 Å². The number of nitrogens with one attached hydrogen (secondary N) is 1. The molecule has 144 valence electrons. The van der Waals surface area contributed by atoms with Gasteiger partial charge in [-0.25, -0.2) is 0 Å². The minimum Gasteiger partial charge on any atom is -0.435 e. The average molecular weight is 374 g/mol. The van der Waals surface area contributed by atoms with E-state index in [1.165, 1.54) is 17.7 Å². The summed E-state index contributed by atoms with van der Waals surface area (Å²) in [7, 11) is 0. The van der Waals surface area contributed by atoms with Gasteiger partial charge in [0.05, 0.1) is 6.04 Å². The molecule has 0 radical (unpaired) electrons. The molecule has 0 bridgehead atoms. The molecule has 6 heteroatoms. The molecular formula is C21H24F2N2O2. The van der Waals surface area contributed by atoms with E-state index in [0.717, 1.165) is 30.6 Å². The van der Waals surface area contributed by atoms with Crippen molar-refractivity contribution in [2.45, 2.75) is 45.4 Å². The number of aryl methyl sites for hydroxylation is 1. The molecule has 1 aliphatic heterocycles. The van der Waals surface area contributed by atoms with Crippen molar-refractivity contribution < 1.29 is 18.3 Å². The number of ether oxygens (including phenoxy) is 1. The Labute approximate surface area is 158 Å². The molecular weight excluding hydrogens is 350 g/mol. The Morgan fingerprint density at radius 1 is 1.11 bits per heavy atom. The van der Waals surface area contributed by atoms with Crippen molar-refractivity contribution >= 4 is 11.6 Å². The Balaban J connectivity index is 1.64. The topological polar surface area (TPSA) is 41.6 Å². The van der Waals surface area contributed by atoms with Crippen molar-refractivity contribution in [3.05, 3.63) is 59.7 Å². The van der Waals surface area contributed by atoms with E-state index < -0.39 is 6.61 Å². The molecule has 3 rings (SSSR count). The SMILES string of the molecule is CC(NC(C)c1ccc(OC(F)F)cc1)C(=O)N1CCCc2ccccc21. The minimum atomic E-state index is -2.84. The van der Waals surface area contributed by atoms with E-state index in [-0.39, 0.29) is 23.7 Å². The predicted octanol–water partition coefficient (Wildman–Crippen LogP) is 4.31. The molecule has 0 aromatic heterocycles. The molecule has 0 spiro atoms. The van der Waals surface area contributed by atoms with Crippen molar-refractivity contribution in [3.63, 3.8) is 0 Å². The lowest BCUT2D eigenvalue weighted by atomic mass is 10.0. The van der Waals surface area contributed by atoms with E-state index in [1.54, 1.807) is 12.1 Å². The Morgan fingerprint density at radius 3 is 2.52 bits per heavy atom. The van der Waals surface area contributed by atoms with Crippen molar-refractivity contribution in [1.82, 2.24) is 5.32 Å². The van der Waals surface area contributed by atoms with E-state index in [9.17, 15) is 13.6 Å². The van der Waals surface area contributed by atoms with Crippen molar-refractivity contribution in [2.75, 3.05) is 11.4 Å². The van der Waals surface area contributed by atoms with E-state index in [1.807, 2.05) is 36.9 Å². The van der Waals surface area contributed by atoms with E-state index in [2.05, 4.69) is 16.1 Å². The number of alkyl halides is 2. The normalized spacial score (nSPS) is 16.0. The first kappa shape index (κ1) is 19.3. The number of rotatable bonds is 6. The van der Waals surface area contributed by atoms with Gasteiger partial charge in [0.25, 0.3) is 0 Å². The summed E-state index contributed by atoms with van der Waals surface area (Å²) >= 11 is 0. The zero-order chi connectivity index (χ0) is 19.4. The third-order valence-electron chi connectivity index (χ3n) is 4.85. The minimum absolute atomic E-state index is 0.0339. The molecule has 1 N–H and O–H groups in total. The van der Waals surface area contributed by atoms with Gasteiger partial charge in [0.15, 0.2) is 0 Å². The van der Waals surface area contributed by atoms with Crippen LogP contribution in [-0.4, -0.2) is 25.1 Å². The number of amides is 1. The molecule has 1 amide bonds. The molecule has 1 aliphatic rings. The van der Waals surface area contributed by atoms with Crippen LogP contribution in [0, 0.1) is 0 Å². The van der Waals surface area contributed by atoms with Crippen LogP contribution < -0.4 is 15.0 Å². The standard InChI is InChI=1S/C21H24F2N2O2/c1-14(16-9-11-18(12-10-16)27-21(22)23)24-15(2)20(26)25-13-5-7-17-6-3-4-8-19(17)25/h3-4,6,8-12,14-15,21,24H,5,7,13H2,1-2H3. The number of benzene rings is 2. The second-order valence-electron chi connectivity index (χ2n) is 6.78. The van der Waals surface area contributed by atoms with Gasteiger partial charge in [-0.2, -0.15) is 8.78 Å². The van der Waals surface area contributed by atoms with Gasteiger partial charge >= 0.3 is 6.61 Å². The number of para-hydroxylation sites is 1. The number of carbonyl (C=O) groups excluding carboxylic acids is 1. The molecule has 27 heavy (non-hydrogen) atoms. The highest BCUT2D eigenvalue weighted by Crippen LogP contribution is 2.27. The predicted molar refractivity (Wildman–Crippen MR) is 101 cm³/mol. The van der Waals surface area contributed by atoms with E-state index in [4.69, 9.17) is 0 Å². The number of carbonyl (C=O) groups is 1. The number of fused-ring (bicyclic) bond motifs is 1. The van der Waals surface area contributed by atoms with Gasteiger partial charge in [0, 0.05) is 18.3 Å². The molecule has 4 nitrogen and oxygen atoms in total. The summed E-state index contributed by atoms with van der Waals surface area (Å²) in [6, 6.07) is 14.0. The van der Waals surface area contributed by atoms with Gasteiger partial charge in [0.1, 0.15) is 5.75 Å². The van der Waals surface area contributed by atoms with Crippen molar-refractivity contribution in [2.24, 2.45) is 0 Å². The fraction of sp³-hybridized carbons (Fsp3) is 0.381. The van der Waals surface area contributed by atoms with Gasteiger partial charge in [0.2, 0.25) is 5.91 Å². The fourth-order valence-electron chi connectivity index (χ4n) is 3.48. The van der Waals surface area contributed by atoms with Crippen LogP contribution in [0.15, 0.2) is 48.5 Å². The largest absolute Gasteiger partial charge is 0.435 e. The number of anilines is 1. The highest BCUT2D eigenvalue weighted by Gasteiger charge is 2.26. The highest BCUT2D eigenvalue weighted by atomic mass is 19.3. The summed E-state index contributed by atoms with van der Waals surface area (Å²) in [6.45, 7) is 1.67. The molecule has 0 saturated heterocycles. The summed E-state index contributed by atoms with van der Waals surface area (Å²) in [6.07, 6.45) is 1.95. The molecule has 0 saturated carbocycles. The summed E-state index contributed by atoms with van der Waals surface area (Å²) in [5, 5.41) is 3.30. The third-order valence-corrected chi connectivity index (χ3v) is 4.85. The summed E-state index contributed by atoms with van der Waals surface area (Å²) < 4.78 is 28.9. The first-order valence-corrected chi connectivity index (χ1v) is 9.16. The second kappa shape index (κ2) is 8.48. The first-order chi connectivity index (χ1) is 13.0. The smallest absolute Gasteiger partial charge is 0.387 e. The maximum atomic E-state index is 13.0. The van der Waals surface area contributed by atoms with Gasteiger partial charge in [-0.3, -0.25) is 10.1 Å². The van der Waals surface area contributed by atoms with E-state index in [0.29, 0.717) is 0 Å². The molecule has 2 aromatic rings. The van der Waals surface area contributed by atoms with Crippen molar-refractivity contribution in [3.8, 4) is 5.75 Å². The van der Waals surface area contributed by atoms with Crippen LogP contribution >= 0.6 is 0 Å². The number of halogens is 2. The zero-order valence-electron chi connectivity index (χ0n) is 15.5. The van der Waals surface area contributed by atoms with Crippen LogP contribution in [0.3, 0.4) is 0 Å². The average Bonchev–Trinajstić information content (AvgIpc) is 2.67. The lowest BCUT2D eigenvalue weighted by molar-refractivity contribution is -0.120. The molecule has 1 heterocycles. The Hall–Kier alpha value is -2.47. The van der Waals surface area contributed by atoms with Crippen LogP contribution in [0.25, 0.3) is 0 Å². The maximum Gasteiger partial charge on any atom is 0.387 e. The summed E-state index contributed by atoms with van der Waals surface area (Å²) in [5.41, 5.74) is 3.09. The number of hydrogen-bond donors (Lipinski definition) is 1. The van der Waals surface area contributed by atoms with Gasteiger partial charge in [-0.1, -0.05) is 30.3 Å². The van der Waals surface area contributed by atoms with Gasteiger partial charge in [-0.15, -0.1) is 0 Å². The molecule has 2 aromatic carbocycles. The maximum absolute atomic E-state index is 13.0.